The topological polar surface area (TPSA) is 107 Å². The zero-order valence-electron chi connectivity index (χ0n) is 26.2. The Morgan fingerprint density at radius 3 is 2.19 bits per heavy atom. The summed E-state index contributed by atoms with van der Waals surface area (Å²) in [6.07, 6.45) is 3.20. The van der Waals surface area contributed by atoms with Crippen molar-refractivity contribution in [1.29, 1.82) is 0 Å². The Morgan fingerprint density at radius 2 is 1.69 bits per heavy atom. The molecule has 2 aromatic rings. The average molecular weight is 606 g/mol. The number of aromatic nitrogens is 3. The number of pyridine rings is 1. The fourth-order valence-corrected chi connectivity index (χ4v) is 5.83. The van der Waals surface area contributed by atoms with Crippen LogP contribution in [0.4, 0.5) is 19.4 Å². The molecule has 0 unspecified atom stereocenters. The molecule has 2 aliphatic carbocycles. The minimum Gasteiger partial charge on any atom is -0.444 e. The first kappa shape index (κ1) is 32.1. The zero-order chi connectivity index (χ0) is 31.1. The number of amides is 2. The van der Waals surface area contributed by atoms with Gasteiger partial charge < -0.3 is 20.1 Å². The molecule has 0 aliphatic heterocycles. The van der Waals surface area contributed by atoms with E-state index in [2.05, 4.69) is 40.4 Å². The van der Waals surface area contributed by atoms with Crippen LogP contribution in [0, 0.1) is 43.4 Å². The molecular formula is C30H45F2N5O4Si. The van der Waals surface area contributed by atoms with E-state index in [1.807, 2.05) is 6.92 Å². The van der Waals surface area contributed by atoms with Crippen LogP contribution in [0.15, 0.2) is 6.07 Å². The van der Waals surface area contributed by atoms with Crippen molar-refractivity contribution in [3.05, 3.63) is 29.2 Å². The van der Waals surface area contributed by atoms with E-state index in [1.54, 1.807) is 39.3 Å². The Kier molecular flexibility index (Phi) is 9.18. The predicted molar refractivity (Wildman–Crippen MR) is 159 cm³/mol. The van der Waals surface area contributed by atoms with Crippen LogP contribution in [0.25, 0.3) is 11.1 Å². The molecule has 4 rings (SSSR count). The van der Waals surface area contributed by atoms with Crippen molar-refractivity contribution < 1.29 is 27.8 Å². The number of halogens is 2. The summed E-state index contributed by atoms with van der Waals surface area (Å²) in [6.45, 7) is 17.4. The van der Waals surface area contributed by atoms with E-state index in [0.29, 0.717) is 28.8 Å². The summed E-state index contributed by atoms with van der Waals surface area (Å²) < 4.78 is 44.0. The van der Waals surface area contributed by atoms with Gasteiger partial charge in [-0.2, -0.15) is 9.49 Å². The maximum absolute atomic E-state index is 15.5. The molecular weight excluding hydrogens is 560 g/mol. The van der Waals surface area contributed by atoms with Gasteiger partial charge in [-0.05, 0) is 85.0 Å². The molecule has 0 bridgehead atoms. The van der Waals surface area contributed by atoms with Gasteiger partial charge in [0.25, 0.3) is 0 Å². The van der Waals surface area contributed by atoms with Gasteiger partial charge in [0.2, 0.25) is 11.9 Å². The SMILES string of the molecule is Cc1nn(CO[C@H](C)[Si](C)(C)C)c(C)c1-c1c(F)cc(NC(=O)[C@@H](NC(=O)OC(C)(C)C)C(C2CC2)C2CC2)nc1F. The first-order chi connectivity index (χ1) is 19.5. The van der Waals surface area contributed by atoms with Crippen molar-refractivity contribution in [2.45, 2.75) is 111 Å². The monoisotopic (exact) mass is 605 g/mol. The number of hydrogen-bond donors (Lipinski definition) is 2. The Hall–Kier alpha value is -2.86. The number of hydrogen-bond acceptors (Lipinski definition) is 6. The fraction of sp³-hybridized carbons (Fsp3) is 0.667. The summed E-state index contributed by atoms with van der Waals surface area (Å²) in [7, 11) is -1.54. The molecule has 2 heterocycles. The van der Waals surface area contributed by atoms with E-state index in [9.17, 15) is 9.59 Å². The van der Waals surface area contributed by atoms with Crippen LogP contribution in [0.1, 0.15) is 64.8 Å². The van der Waals surface area contributed by atoms with Gasteiger partial charge >= 0.3 is 6.09 Å². The van der Waals surface area contributed by atoms with E-state index in [-0.39, 0.29) is 29.8 Å². The predicted octanol–water partition coefficient (Wildman–Crippen LogP) is 6.35. The molecule has 2 aromatic heterocycles. The van der Waals surface area contributed by atoms with Crippen molar-refractivity contribution in [2.75, 3.05) is 5.32 Å². The van der Waals surface area contributed by atoms with Crippen molar-refractivity contribution in [2.24, 2.45) is 17.8 Å². The van der Waals surface area contributed by atoms with Gasteiger partial charge in [-0.3, -0.25) is 4.79 Å². The van der Waals surface area contributed by atoms with E-state index in [1.165, 1.54) is 0 Å². The standard InChI is InChI=1S/C30H45F2N5O4Si/c1-16-23(17(2)37(36-16)15-40-18(3)42(7,8)9)25-21(31)14-22(33-27(25)32)34-28(38)26(35-29(39)41-30(4,5)6)24(19-10-11-19)20-12-13-20/h14,18-20,24,26H,10-13,15H2,1-9H3,(H,35,39)(H,33,34,38)/t18-,26-/m0/s1. The molecule has 0 saturated heterocycles. The van der Waals surface area contributed by atoms with Gasteiger partial charge in [-0.1, -0.05) is 19.6 Å². The van der Waals surface area contributed by atoms with Crippen molar-refractivity contribution >= 4 is 25.9 Å². The second-order valence-corrected chi connectivity index (χ2v) is 19.4. The molecule has 2 N–H and O–H groups in total. The van der Waals surface area contributed by atoms with Crippen LogP contribution >= 0.6 is 0 Å². The molecule has 0 radical (unpaired) electrons. The highest BCUT2D eigenvalue weighted by Crippen LogP contribution is 2.51. The summed E-state index contributed by atoms with van der Waals surface area (Å²) >= 11 is 0. The van der Waals surface area contributed by atoms with Crippen molar-refractivity contribution in [3.8, 4) is 11.1 Å². The third-order valence-electron chi connectivity index (χ3n) is 8.15. The molecule has 2 atom stereocenters. The fourth-order valence-electron chi connectivity index (χ4n) is 5.25. The normalized spacial score (nSPS) is 17.2. The number of anilines is 1. The molecule has 12 heteroatoms. The molecule has 2 fully saturated rings. The molecule has 2 aliphatic rings. The van der Waals surface area contributed by atoms with Gasteiger partial charge in [-0.15, -0.1) is 0 Å². The van der Waals surface area contributed by atoms with Gasteiger partial charge in [0.15, 0.2) is 0 Å². The van der Waals surface area contributed by atoms with Crippen LogP contribution in [0.5, 0.6) is 0 Å². The van der Waals surface area contributed by atoms with E-state index in [4.69, 9.17) is 9.47 Å². The van der Waals surface area contributed by atoms with E-state index in [0.717, 1.165) is 31.7 Å². The number of rotatable bonds is 11. The van der Waals surface area contributed by atoms with Gasteiger partial charge in [0.05, 0.1) is 19.3 Å². The minimum atomic E-state index is -1.54. The number of nitrogens with zero attached hydrogens (tertiary/aromatic N) is 3. The summed E-state index contributed by atoms with van der Waals surface area (Å²) in [6, 6.07) is 0.0955. The second-order valence-electron chi connectivity index (χ2n) is 13.9. The highest BCUT2D eigenvalue weighted by molar-refractivity contribution is 6.77. The van der Waals surface area contributed by atoms with Crippen LogP contribution < -0.4 is 10.6 Å². The summed E-state index contributed by atoms with van der Waals surface area (Å²) in [4.78, 5) is 30.1. The number of carbonyl (C=O) groups is 2. The Bertz CT molecular complexity index is 1290. The lowest BCUT2D eigenvalue weighted by Gasteiger charge is -2.29. The summed E-state index contributed by atoms with van der Waals surface area (Å²) in [5.41, 5.74) is 0.287. The quantitative estimate of drug-likeness (QED) is 0.228. The Morgan fingerprint density at radius 1 is 1.10 bits per heavy atom. The van der Waals surface area contributed by atoms with Crippen LogP contribution in [-0.4, -0.2) is 52.2 Å². The lowest BCUT2D eigenvalue weighted by atomic mass is 9.89. The second kappa shape index (κ2) is 12.0. The van der Waals surface area contributed by atoms with Crippen molar-refractivity contribution in [1.82, 2.24) is 20.1 Å². The lowest BCUT2D eigenvalue weighted by Crippen LogP contribution is -2.51. The number of carbonyl (C=O) groups excluding carboxylic acids is 2. The molecule has 2 saturated carbocycles. The number of aryl methyl sites for hydroxylation is 1. The van der Waals surface area contributed by atoms with Crippen LogP contribution in [-0.2, 0) is 21.0 Å². The van der Waals surface area contributed by atoms with Gasteiger partial charge in [0.1, 0.15) is 30.0 Å². The summed E-state index contributed by atoms with van der Waals surface area (Å²) in [5.74, 6) is -2.23. The number of nitrogens with one attached hydrogen (secondary N) is 2. The molecule has 232 valence electrons. The van der Waals surface area contributed by atoms with Crippen LogP contribution in [0.3, 0.4) is 0 Å². The average Bonchev–Trinajstić information content (AvgIpc) is 3.76. The summed E-state index contributed by atoms with van der Waals surface area (Å²) in [5, 5.41) is 9.76. The molecule has 0 aromatic carbocycles. The van der Waals surface area contributed by atoms with Gasteiger partial charge in [-0.25, -0.2) is 18.9 Å². The van der Waals surface area contributed by atoms with Gasteiger partial charge in [0, 0.05) is 23.1 Å². The molecule has 42 heavy (non-hydrogen) atoms. The van der Waals surface area contributed by atoms with E-state index < -0.39 is 43.5 Å². The first-order valence-corrected chi connectivity index (χ1v) is 18.4. The van der Waals surface area contributed by atoms with E-state index >= 15 is 8.78 Å². The highest BCUT2D eigenvalue weighted by atomic mass is 28.3. The zero-order valence-corrected chi connectivity index (χ0v) is 27.2. The largest absolute Gasteiger partial charge is 0.444 e. The third kappa shape index (κ3) is 7.74. The highest BCUT2D eigenvalue weighted by Gasteiger charge is 2.48. The Balaban J connectivity index is 1.56. The molecule has 2 amide bonds. The smallest absolute Gasteiger partial charge is 0.408 e. The molecule has 9 nitrogen and oxygen atoms in total. The first-order valence-electron chi connectivity index (χ1n) is 14.8. The van der Waals surface area contributed by atoms with Crippen molar-refractivity contribution in [3.63, 3.8) is 0 Å². The Labute approximate surface area is 248 Å². The maximum Gasteiger partial charge on any atom is 0.408 e. The van der Waals surface area contributed by atoms with Crippen LogP contribution in [0.2, 0.25) is 19.6 Å². The maximum atomic E-state index is 15.5. The minimum absolute atomic E-state index is 0.0657. The number of alkyl carbamates (subject to hydrolysis) is 1. The number of ether oxygens (including phenoxy) is 2. The molecule has 0 spiro atoms. The third-order valence-corrected chi connectivity index (χ3v) is 10.8. The lowest BCUT2D eigenvalue weighted by molar-refractivity contribution is -0.120.